The van der Waals surface area contributed by atoms with Crippen LogP contribution in [0.3, 0.4) is 0 Å². The van der Waals surface area contributed by atoms with Crippen LogP contribution in [0.15, 0.2) is 0 Å². The molecule has 0 unspecified atom stereocenters. The van der Waals surface area contributed by atoms with Crippen molar-refractivity contribution in [1.29, 1.82) is 0 Å². The Labute approximate surface area is 665 Å². The quantitative estimate of drug-likeness (QED) is 0.0191. The molecule has 0 spiro atoms. The lowest BCUT2D eigenvalue weighted by Gasteiger charge is -2.45. The zero-order chi connectivity index (χ0) is 79.5. The maximum absolute atomic E-state index is 15.0. The number of likely N-dealkylation sites (tertiary alicyclic amines) is 1. The first-order valence-corrected chi connectivity index (χ1v) is 47.5. The third kappa shape index (κ3) is 55.9. The van der Waals surface area contributed by atoms with Gasteiger partial charge >= 0.3 is 31.7 Å². The molecule has 0 bridgehead atoms. The second kappa shape index (κ2) is 70.2. The minimum Gasteiger partial charge on any atom is -0.462 e. The number of unbranched alkanes of at least 4 members (excludes halogenated alkanes) is 48. The van der Waals surface area contributed by atoms with Crippen molar-refractivity contribution >= 4 is 43.5 Å². The van der Waals surface area contributed by atoms with Crippen molar-refractivity contribution in [3.8, 4) is 0 Å². The predicted octanol–water partition coefficient (Wildman–Crippen LogP) is 23.0. The highest BCUT2D eigenvalue weighted by molar-refractivity contribution is 7.46. The summed E-state index contributed by atoms with van der Waals surface area (Å²) in [4.78, 5) is 109. The Hall–Kier alpha value is -3.19. The number of hydrogen-bond donors (Lipinski definition) is 4. The first kappa shape index (κ1) is 102. The molecular formula is C89H167N2O17P. The summed E-state index contributed by atoms with van der Waals surface area (Å²) in [5.41, 5.74) is 0. The van der Waals surface area contributed by atoms with Crippen LogP contribution in [-0.2, 0) is 66.3 Å². The molecule has 0 aromatic heterocycles. The van der Waals surface area contributed by atoms with Gasteiger partial charge in [-0.05, 0) is 70.6 Å². The van der Waals surface area contributed by atoms with Gasteiger partial charge in [0.25, 0.3) is 0 Å². The Morgan fingerprint density at radius 2 is 0.725 bits per heavy atom. The summed E-state index contributed by atoms with van der Waals surface area (Å²) < 4.78 is 56.5. The lowest BCUT2D eigenvalue weighted by Crippen LogP contribution is -2.66. The number of aliphatic hydroxyl groups is 1. The number of carbonyl (C=O) groups excluding carboxylic acids is 6. The molecule has 4 N–H and O–H groups in total. The molecule has 19 nitrogen and oxygen atoms in total. The van der Waals surface area contributed by atoms with Gasteiger partial charge in [-0.3, -0.25) is 33.3 Å². The van der Waals surface area contributed by atoms with Crippen LogP contribution in [0, 0.1) is 0 Å². The van der Waals surface area contributed by atoms with E-state index >= 15 is 4.79 Å². The van der Waals surface area contributed by atoms with Crippen LogP contribution in [0.1, 0.15) is 459 Å². The van der Waals surface area contributed by atoms with E-state index in [-0.39, 0.29) is 44.2 Å². The number of ether oxygens (including phenoxy) is 6. The molecule has 2 aliphatic rings. The van der Waals surface area contributed by atoms with Gasteiger partial charge in [-0.15, -0.1) is 0 Å². The van der Waals surface area contributed by atoms with E-state index in [2.05, 4.69) is 46.9 Å². The highest BCUT2D eigenvalue weighted by atomic mass is 31.2. The second-order valence-electron chi connectivity index (χ2n) is 32.6. The highest BCUT2D eigenvalue weighted by Crippen LogP contribution is 2.43. The maximum Gasteiger partial charge on any atom is 0.470 e. The summed E-state index contributed by atoms with van der Waals surface area (Å²) in [6, 6.07) is -2.10. The van der Waals surface area contributed by atoms with Crippen molar-refractivity contribution in [3.63, 3.8) is 0 Å². The van der Waals surface area contributed by atoms with E-state index in [1.807, 2.05) is 0 Å². The topological polar surface area (TPSA) is 260 Å². The number of carbonyl (C=O) groups is 6. The number of phosphoric acid groups is 1. The molecule has 2 rings (SSSR count). The minimum atomic E-state index is -5.48. The fourth-order valence-electron chi connectivity index (χ4n) is 15.6. The molecule has 640 valence electrons. The van der Waals surface area contributed by atoms with E-state index in [9.17, 15) is 43.4 Å². The Kier molecular flexibility index (Phi) is 65.7. The van der Waals surface area contributed by atoms with E-state index in [0.717, 1.165) is 154 Å². The van der Waals surface area contributed by atoms with Crippen molar-refractivity contribution in [2.24, 2.45) is 0 Å². The summed E-state index contributed by atoms with van der Waals surface area (Å²) in [6.45, 7) is 12.6. The summed E-state index contributed by atoms with van der Waals surface area (Å²) >= 11 is 0. The molecule has 2 saturated heterocycles. The number of aliphatic hydroxyl groups excluding tert-OH is 1. The Morgan fingerprint density at radius 1 is 0.413 bits per heavy atom. The zero-order valence-electron chi connectivity index (χ0n) is 70.7. The lowest BCUT2D eigenvalue weighted by molar-refractivity contribution is -0.273. The van der Waals surface area contributed by atoms with Crippen molar-refractivity contribution < 1.29 is 81.2 Å². The summed E-state index contributed by atoms with van der Waals surface area (Å²) in [5.74, 6) is -2.91. The molecule has 9 atom stereocenters. The maximum atomic E-state index is 15.0. The zero-order valence-corrected chi connectivity index (χ0v) is 71.6. The lowest BCUT2D eigenvalue weighted by atomic mass is 9.95. The van der Waals surface area contributed by atoms with Crippen molar-refractivity contribution in [1.82, 2.24) is 10.2 Å². The molecule has 0 aliphatic carbocycles. The van der Waals surface area contributed by atoms with Crippen LogP contribution < -0.4 is 5.32 Å². The van der Waals surface area contributed by atoms with Crippen molar-refractivity contribution in [2.75, 3.05) is 19.8 Å². The fourth-order valence-corrected chi connectivity index (χ4v) is 16.2. The number of rotatable bonds is 77. The third-order valence-corrected chi connectivity index (χ3v) is 22.8. The molecular weight excluding hydrogens is 1400 g/mol. The molecule has 0 aromatic rings. The first-order chi connectivity index (χ1) is 53.0. The number of amides is 2. The van der Waals surface area contributed by atoms with Crippen LogP contribution in [0.5, 0.6) is 0 Å². The van der Waals surface area contributed by atoms with Gasteiger partial charge in [0, 0.05) is 25.8 Å². The Morgan fingerprint density at radius 3 is 1.06 bits per heavy atom. The number of esters is 4. The van der Waals surface area contributed by atoms with Crippen molar-refractivity contribution in [3.05, 3.63) is 0 Å². The van der Waals surface area contributed by atoms with E-state index < -0.39 is 99.7 Å². The molecule has 109 heavy (non-hydrogen) atoms. The Balaban J connectivity index is 2.62. The third-order valence-electron chi connectivity index (χ3n) is 22.3. The van der Waals surface area contributed by atoms with Gasteiger partial charge in [0.05, 0.1) is 38.5 Å². The predicted molar refractivity (Wildman–Crippen MR) is 440 cm³/mol. The van der Waals surface area contributed by atoms with E-state index in [0.29, 0.717) is 70.8 Å². The van der Waals surface area contributed by atoms with E-state index in [1.54, 1.807) is 4.90 Å². The molecule has 0 aromatic carbocycles. The smallest absolute Gasteiger partial charge is 0.462 e. The number of hydrogen-bond acceptors (Lipinski definition) is 15. The summed E-state index contributed by atoms with van der Waals surface area (Å²) in [7, 11) is -5.48. The number of phosphoric ester groups is 1. The van der Waals surface area contributed by atoms with E-state index in [1.165, 1.54) is 167 Å². The molecule has 0 radical (unpaired) electrons. The van der Waals surface area contributed by atoms with Crippen LogP contribution in [0.25, 0.3) is 0 Å². The molecule has 2 amide bonds. The largest absolute Gasteiger partial charge is 0.470 e. The number of nitrogens with one attached hydrogen (secondary N) is 1. The molecule has 20 heteroatoms. The minimum absolute atomic E-state index is 0.0136. The number of nitrogens with zero attached hydrogens (tertiary/aromatic N) is 1. The Bertz CT molecular complexity index is 2260. The van der Waals surface area contributed by atoms with Crippen LogP contribution in [0.4, 0.5) is 0 Å². The normalized spacial score (nSPS) is 18.2. The van der Waals surface area contributed by atoms with Gasteiger partial charge in [0.1, 0.15) is 36.6 Å². The van der Waals surface area contributed by atoms with Crippen molar-refractivity contribution in [2.45, 2.75) is 514 Å². The van der Waals surface area contributed by atoms with Gasteiger partial charge in [0.2, 0.25) is 11.8 Å². The monoisotopic (exact) mass is 1570 g/mol. The van der Waals surface area contributed by atoms with Gasteiger partial charge in [-0.25, -0.2) is 4.57 Å². The molecule has 2 fully saturated rings. The summed E-state index contributed by atoms with van der Waals surface area (Å²) in [5, 5.41) is 14.1. The fraction of sp³-hybridized carbons (Fsp3) is 0.933. The van der Waals surface area contributed by atoms with E-state index in [4.69, 9.17) is 32.9 Å². The summed E-state index contributed by atoms with van der Waals surface area (Å²) in [6.07, 6.45) is 51.6. The van der Waals surface area contributed by atoms with Crippen LogP contribution in [0.2, 0.25) is 0 Å². The van der Waals surface area contributed by atoms with Gasteiger partial charge < -0.3 is 53.5 Å². The van der Waals surface area contributed by atoms with Gasteiger partial charge in [0.15, 0.2) is 12.4 Å². The van der Waals surface area contributed by atoms with Crippen LogP contribution in [-0.4, -0.2) is 130 Å². The SMILES string of the molecule is CCCCCCCCCCCC(=O)O[C@H](CCCCCCCCCCC)CC(=O)N[C@H]1[C@H](OC[C@@H]2CCCN2C(=O)C[C@@H](CCCCCCCCCCC)OC(=O)CCCCCCCCCCC)O[C@H](CO)[C@@H](OP(=O)(O)O)[C@@H]1OC(=O)C[C@@H](CCCCCCCCCCC)OC(=O)CCCCCCCCCCC. The van der Waals surface area contributed by atoms with Gasteiger partial charge in [-0.2, -0.15) is 0 Å². The second-order valence-corrected chi connectivity index (χ2v) is 33.8. The average molecular weight is 1570 g/mol. The van der Waals surface area contributed by atoms with Gasteiger partial charge in [-0.1, -0.05) is 350 Å². The highest BCUT2D eigenvalue weighted by Gasteiger charge is 2.53. The molecule has 0 saturated carbocycles. The first-order valence-electron chi connectivity index (χ1n) is 46.0. The van der Waals surface area contributed by atoms with Crippen LogP contribution >= 0.6 is 7.82 Å². The average Bonchev–Trinajstić information content (AvgIpc) is 0.793. The molecule has 2 aliphatic heterocycles. The standard InChI is InChI=1S/C89H167N2O17P/c1-7-13-19-25-31-37-43-49-55-63-76(103-82(95)66-58-52-46-40-34-28-22-16-10-4)70-80(93)90-86-88(107-85(98)72-78(65-57-51-45-39-33-27-21-15-9-3)105-84(97)68-60-54-48-42-36-30-24-18-12-6)87(108-109(99,100)101)79(73-92)106-89(86)102-74-75-62-61-69-91(75)81(94)71-77(64-56-50-44-38-32-26-20-14-8-2)104-83(96)67-59-53-47-41-35-29-23-17-11-5/h75-79,86-89,92H,7-74H2,1-6H3,(H,90,93)(H2,99,100,101)/t75-,76+,77+,78+,79+,86+,87+,88+,89+/m0/s1. The molecule has 2 heterocycles.